The van der Waals surface area contributed by atoms with Gasteiger partial charge in [-0.05, 0) is 19.9 Å². The lowest BCUT2D eigenvalue weighted by atomic mass is 9.95. The van der Waals surface area contributed by atoms with E-state index in [2.05, 4.69) is 21.2 Å². The summed E-state index contributed by atoms with van der Waals surface area (Å²) in [5, 5.41) is 12.5. The van der Waals surface area contributed by atoms with E-state index in [4.69, 9.17) is 0 Å². The Bertz CT molecular complexity index is 575. The van der Waals surface area contributed by atoms with Crippen molar-refractivity contribution in [3.63, 3.8) is 0 Å². The molecule has 0 radical (unpaired) electrons. The number of halogens is 1. The predicted octanol–water partition coefficient (Wildman–Crippen LogP) is 1.63. The predicted molar refractivity (Wildman–Crippen MR) is 70.5 cm³/mol. The van der Waals surface area contributed by atoms with Gasteiger partial charge in [-0.15, -0.1) is 0 Å². The molecule has 1 amide bonds. The monoisotopic (exact) mass is 309 g/mol. The second kappa shape index (κ2) is 4.33. The summed E-state index contributed by atoms with van der Waals surface area (Å²) in [6.07, 6.45) is 0. The van der Waals surface area contributed by atoms with Crippen LogP contribution in [0.25, 0.3) is 5.57 Å². The first-order chi connectivity index (χ1) is 8.34. The molecule has 1 unspecified atom stereocenters. The Kier molecular flexibility index (Phi) is 3.12. The molecule has 0 saturated carbocycles. The summed E-state index contributed by atoms with van der Waals surface area (Å²) in [6, 6.07) is 7.08. The van der Waals surface area contributed by atoms with Crippen molar-refractivity contribution >= 4 is 33.2 Å². The Balaban J connectivity index is 2.73. The van der Waals surface area contributed by atoms with Crippen molar-refractivity contribution in [2.45, 2.75) is 19.6 Å². The zero-order valence-corrected chi connectivity index (χ0v) is 11.5. The lowest BCUT2D eigenvalue weighted by molar-refractivity contribution is -0.119. The second-order valence-electron chi connectivity index (χ2n) is 4.31. The van der Waals surface area contributed by atoms with Gasteiger partial charge in [0.25, 0.3) is 5.91 Å². The van der Waals surface area contributed by atoms with Gasteiger partial charge in [0.05, 0.1) is 11.1 Å². The molecule has 2 rings (SSSR count). The fourth-order valence-electron chi connectivity index (χ4n) is 2.14. The minimum absolute atomic E-state index is 0.0967. The Labute approximate surface area is 113 Å². The molecule has 1 atom stereocenters. The molecule has 1 heterocycles. The van der Waals surface area contributed by atoms with Crippen LogP contribution in [0.4, 0.5) is 0 Å². The highest BCUT2D eigenvalue weighted by Crippen LogP contribution is 2.35. The summed E-state index contributed by atoms with van der Waals surface area (Å²) in [4.78, 5) is 23.6. The van der Waals surface area contributed by atoms with E-state index in [1.165, 1.54) is 13.8 Å². The normalized spacial score (nSPS) is 23.2. The Morgan fingerprint density at radius 1 is 1.39 bits per heavy atom. The molecular formula is C13H12BrNO3. The van der Waals surface area contributed by atoms with Gasteiger partial charge in [0.1, 0.15) is 0 Å². The maximum atomic E-state index is 12.0. The van der Waals surface area contributed by atoms with Gasteiger partial charge in [0.15, 0.2) is 11.5 Å². The summed E-state index contributed by atoms with van der Waals surface area (Å²) in [5.41, 5.74) is -0.703. The lowest BCUT2D eigenvalue weighted by Gasteiger charge is -2.19. The molecule has 5 heteroatoms. The van der Waals surface area contributed by atoms with E-state index >= 15 is 0 Å². The number of carbonyl (C=O) groups excluding carboxylic acids is 2. The SMILES string of the molecule is CC(=O)C1=C(c2ccccc2Br)C(=O)NC1(C)O. The molecule has 1 aromatic carbocycles. The number of hydrogen-bond acceptors (Lipinski definition) is 3. The van der Waals surface area contributed by atoms with E-state index in [0.717, 1.165) is 0 Å². The quantitative estimate of drug-likeness (QED) is 0.872. The molecule has 0 aromatic heterocycles. The summed E-state index contributed by atoms with van der Waals surface area (Å²) in [6.45, 7) is 2.73. The van der Waals surface area contributed by atoms with Crippen LogP contribution in [0.5, 0.6) is 0 Å². The van der Waals surface area contributed by atoms with Crippen LogP contribution in [0.1, 0.15) is 19.4 Å². The standard InChI is InChI=1S/C13H12BrNO3/c1-7(16)11-10(12(17)15-13(11,2)18)8-5-3-4-6-9(8)14/h3-6,18H,1-2H3,(H,15,17). The van der Waals surface area contributed by atoms with Crippen LogP contribution in [0.2, 0.25) is 0 Å². The number of benzene rings is 1. The number of nitrogens with one attached hydrogen (secondary N) is 1. The van der Waals surface area contributed by atoms with E-state index in [1.807, 2.05) is 6.07 Å². The highest BCUT2D eigenvalue weighted by molar-refractivity contribution is 9.10. The Morgan fingerprint density at radius 3 is 2.56 bits per heavy atom. The van der Waals surface area contributed by atoms with Crippen molar-refractivity contribution in [3.05, 3.63) is 39.9 Å². The molecule has 18 heavy (non-hydrogen) atoms. The van der Waals surface area contributed by atoms with E-state index in [-0.39, 0.29) is 16.9 Å². The summed E-state index contributed by atoms with van der Waals surface area (Å²) in [7, 11) is 0. The van der Waals surface area contributed by atoms with Gasteiger partial charge >= 0.3 is 0 Å². The second-order valence-corrected chi connectivity index (χ2v) is 5.17. The molecule has 0 aliphatic carbocycles. The van der Waals surface area contributed by atoms with Crippen LogP contribution in [-0.4, -0.2) is 22.5 Å². The van der Waals surface area contributed by atoms with Crippen molar-refractivity contribution in [3.8, 4) is 0 Å². The number of Topliss-reactive ketones (excluding diaryl/α,β-unsaturated/α-hetero) is 1. The molecular weight excluding hydrogens is 298 g/mol. The van der Waals surface area contributed by atoms with Gasteiger partial charge in [-0.3, -0.25) is 9.59 Å². The molecule has 0 saturated heterocycles. The van der Waals surface area contributed by atoms with Crippen LogP contribution in [0.15, 0.2) is 34.3 Å². The fourth-order valence-corrected chi connectivity index (χ4v) is 2.63. The van der Waals surface area contributed by atoms with Crippen LogP contribution < -0.4 is 5.32 Å². The highest BCUT2D eigenvalue weighted by atomic mass is 79.9. The first-order valence-electron chi connectivity index (χ1n) is 5.40. The van der Waals surface area contributed by atoms with Crippen molar-refractivity contribution in [2.75, 3.05) is 0 Å². The van der Waals surface area contributed by atoms with Gasteiger partial charge in [-0.1, -0.05) is 34.1 Å². The van der Waals surface area contributed by atoms with Crippen LogP contribution >= 0.6 is 15.9 Å². The van der Waals surface area contributed by atoms with E-state index in [9.17, 15) is 14.7 Å². The van der Waals surface area contributed by atoms with Crippen LogP contribution in [0.3, 0.4) is 0 Å². The molecule has 94 valence electrons. The summed E-state index contributed by atoms with van der Waals surface area (Å²) in [5.74, 6) is -0.777. The number of carbonyl (C=O) groups is 2. The third-order valence-corrected chi connectivity index (χ3v) is 3.51. The van der Waals surface area contributed by atoms with E-state index < -0.39 is 11.6 Å². The van der Waals surface area contributed by atoms with Crippen molar-refractivity contribution < 1.29 is 14.7 Å². The minimum Gasteiger partial charge on any atom is -0.367 e. The summed E-state index contributed by atoms with van der Waals surface area (Å²) >= 11 is 3.34. The van der Waals surface area contributed by atoms with Crippen molar-refractivity contribution in [1.82, 2.24) is 5.32 Å². The van der Waals surface area contributed by atoms with E-state index in [0.29, 0.717) is 10.0 Å². The highest BCUT2D eigenvalue weighted by Gasteiger charge is 2.42. The maximum Gasteiger partial charge on any atom is 0.254 e. The van der Waals surface area contributed by atoms with Gasteiger partial charge < -0.3 is 10.4 Å². The average molecular weight is 310 g/mol. The molecule has 1 aliphatic heterocycles. The van der Waals surface area contributed by atoms with Crippen LogP contribution in [0, 0.1) is 0 Å². The fraction of sp³-hybridized carbons (Fsp3) is 0.231. The summed E-state index contributed by atoms with van der Waals surface area (Å²) < 4.78 is 0.701. The van der Waals surface area contributed by atoms with Crippen LogP contribution in [-0.2, 0) is 9.59 Å². The third-order valence-electron chi connectivity index (χ3n) is 2.82. The van der Waals surface area contributed by atoms with Gasteiger partial charge in [-0.25, -0.2) is 0 Å². The zero-order valence-electron chi connectivity index (χ0n) is 9.95. The molecule has 0 spiro atoms. The topological polar surface area (TPSA) is 66.4 Å². The first kappa shape index (κ1) is 13.0. The minimum atomic E-state index is -1.62. The lowest BCUT2D eigenvalue weighted by Crippen LogP contribution is -2.42. The van der Waals surface area contributed by atoms with Gasteiger partial charge in [-0.2, -0.15) is 0 Å². The molecule has 1 aliphatic rings. The first-order valence-corrected chi connectivity index (χ1v) is 6.19. The Hall–Kier alpha value is -1.46. The Morgan fingerprint density at radius 2 is 2.00 bits per heavy atom. The number of hydrogen-bond donors (Lipinski definition) is 2. The van der Waals surface area contributed by atoms with Gasteiger partial charge in [0, 0.05) is 10.0 Å². The third kappa shape index (κ3) is 2.00. The molecule has 0 bridgehead atoms. The molecule has 2 N–H and O–H groups in total. The number of ketones is 1. The van der Waals surface area contributed by atoms with Gasteiger partial charge in [0.2, 0.25) is 0 Å². The largest absolute Gasteiger partial charge is 0.367 e. The average Bonchev–Trinajstić information content (AvgIpc) is 2.48. The number of aliphatic hydroxyl groups is 1. The van der Waals surface area contributed by atoms with Crippen molar-refractivity contribution in [1.29, 1.82) is 0 Å². The molecule has 0 fully saturated rings. The molecule has 1 aromatic rings. The smallest absolute Gasteiger partial charge is 0.254 e. The van der Waals surface area contributed by atoms with E-state index in [1.54, 1.807) is 18.2 Å². The maximum absolute atomic E-state index is 12.0. The van der Waals surface area contributed by atoms with Crippen molar-refractivity contribution in [2.24, 2.45) is 0 Å². The molecule has 4 nitrogen and oxygen atoms in total. The zero-order chi connectivity index (χ0) is 13.5. The number of amides is 1. The number of rotatable bonds is 2.